The van der Waals surface area contributed by atoms with Gasteiger partial charge in [0.15, 0.2) is 5.82 Å². The maximum Gasteiger partial charge on any atom is 0.573 e. The first kappa shape index (κ1) is 25.5. The Morgan fingerprint density at radius 2 is 1.65 bits per heavy atom. The highest BCUT2D eigenvalue weighted by Crippen LogP contribution is 2.25. The zero-order chi connectivity index (χ0) is 26.7. The Kier molecular flexibility index (Phi) is 7.00. The van der Waals surface area contributed by atoms with Crippen molar-refractivity contribution in [2.24, 2.45) is 0 Å². The summed E-state index contributed by atoms with van der Waals surface area (Å²) in [7, 11) is 0. The summed E-state index contributed by atoms with van der Waals surface area (Å²) >= 11 is 0. The van der Waals surface area contributed by atoms with Crippen LogP contribution in [0.5, 0.6) is 5.75 Å². The van der Waals surface area contributed by atoms with Gasteiger partial charge in [0.25, 0.3) is 11.1 Å². The van der Waals surface area contributed by atoms with E-state index in [0.29, 0.717) is 5.39 Å². The zero-order valence-corrected chi connectivity index (χ0v) is 19.7. The van der Waals surface area contributed by atoms with Crippen LogP contribution in [0.3, 0.4) is 0 Å². The van der Waals surface area contributed by atoms with E-state index in [2.05, 4.69) is 20.5 Å². The Balaban J connectivity index is 1.74. The molecule has 0 spiro atoms. The number of amides is 1. The quantitative estimate of drug-likeness (QED) is 0.390. The smallest absolute Gasteiger partial charge is 0.406 e. The van der Waals surface area contributed by atoms with Crippen LogP contribution in [-0.4, -0.2) is 32.7 Å². The number of carbonyl (C=O) groups excluding carboxylic acids is 1. The van der Waals surface area contributed by atoms with Crippen molar-refractivity contribution in [2.45, 2.75) is 32.8 Å². The van der Waals surface area contributed by atoms with Gasteiger partial charge in [0.05, 0.1) is 11.1 Å². The normalized spacial score (nSPS) is 11.5. The molecule has 0 fully saturated rings. The monoisotopic (exact) mass is 513 g/mol. The standard InChI is InChI=1S/C25H22F3N5O4/c1-15(2)29-21(34)14-32-13-5-8-20(24(32)36)30-22-18-6-3-4-7-19(18)23(35)33(31-22)16-9-11-17(12-10-16)37-25(26,27)28/h3-13,15H,14H2,1-2H3,(H,29,34)(H,30,31). The third kappa shape index (κ3) is 5.97. The number of nitrogens with one attached hydrogen (secondary N) is 2. The van der Waals surface area contributed by atoms with Gasteiger partial charge in [-0.2, -0.15) is 4.68 Å². The van der Waals surface area contributed by atoms with Crippen molar-refractivity contribution in [3.8, 4) is 11.4 Å². The van der Waals surface area contributed by atoms with Crippen LogP contribution < -0.4 is 26.5 Å². The summed E-state index contributed by atoms with van der Waals surface area (Å²) in [5.74, 6) is -0.619. The number of anilines is 2. The fraction of sp³-hybridized carbons (Fsp3) is 0.200. The van der Waals surface area contributed by atoms with Crippen LogP contribution >= 0.6 is 0 Å². The average molecular weight is 513 g/mol. The molecule has 0 aliphatic carbocycles. The van der Waals surface area contributed by atoms with Crippen molar-refractivity contribution in [3.05, 3.63) is 87.6 Å². The number of pyridine rings is 1. The van der Waals surface area contributed by atoms with Gasteiger partial charge in [-0.15, -0.1) is 18.3 Å². The first-order chi connectivity index (χ1) is 17.5. The minimum absolute atomic E-state index is 0.0878. The second kappa shape index (κ2) is 10.2. The van der Waals surface area contributed by atoms with Crippen LogP contribution in [-0.2, 0) is 11.3 Å². The van der Waals surface area contributed by atoms with Crippen molar-refractivity contribution in [1.29, 1.82) is 0 Å². The molecule has 1 amide bonds. The van der Waals surface area contributed by atoms with E-state index in [9.17, 15) is 27.6 Å². The number of rotatable bonds is 7. The Bertz CT molecular complexity index is 1560. The first-order valence-electron chi connectivity index (χ1n) is 11.2. The van der Waals surface area contributed by atoms with Gasteiger partial charge in [-0.3, -0.25) is 14.4 Å². The van der Waals surface area contributed by atoms with E-state index in [1.165, 1.54) is 29.0 Å². The van der Waals surface area contributed by atoms with Crippen LogP contribution in [0, 0.1) is 0 Å². The Hall–Kier alpha value is -4.61. The number of ether oxygens (including phenoxy) is 1. The van der Waals surface area contributed by atoms with Gasteiger partial charge in [-0.25, -0.2) is 0 Å². The lowest BCUT2D eigenvalue weighted by molar-refractivity contribution is -0.274. The van der Waals surface area contributed by atoms with Gasteiger partial charge in [-0.1, -0.05) is 18.2 Å². The van der Waals surface area contributed by atoms with E-state index >= 15 is 0 Å². The summed E-state index contributed by atoms with van der Waals surface area (Å²) in [5.41, 5.74) is -0.707. The average Bonchev–Trinajstić information content (AvgIpc) is 2.82. The predicted octanol–water partition coefficient (Wildman–Crippen LogP) is 3.71. The minimum Gasteiger partial charge on any atom is -0.406 e. The largest absolute Gasteiger partial charge is 0.573 e. The molecule has 37 heavy (non-hydrogen) atoms. The maximum absolute atomic E-state index is 13.1. The first-order valence-corrected chi connectivity index (χ1v) is 11.2. The zero-order valence-electron chi connectivity index (χ0n) is 19.7. The molecule has 0 bridgehead atoms. The van der Waals surface area contributed by atoms with E-state index in [1.54, 1.807) is 44.2 Å². The molecule has 4 aromatic rings. The third-order valence-electron chi connectivity index (χ3n) is 5.16. The van der Waals surface area contributed by atoms with Crippen molar-refractivity contribution >= 4 is 28.2 Å². The molecule has 0 saturated carbocycles. The number of aromatic nitrogens is 3. The number of hydrogen-bond acceptors (Lipinski definition) is 6. The van der Waals surface area contributed by atoms with E-state index < -0.39 is 23.2 Å². The summed E-state index contributed by atoms with van der Waals surface area (Å²) in [6.45, 7) is 3.43. The molecule has 0 saturated heterocycles. The molecule has 192 valence electrons. The summed E-state index contributed by atoms with van der Waals surface area (Å²) in [4.78, 5) is 38.3. The molecule has 12 heteroatoms. The second-order valence-corrected chi connectivity index (χ2v) is 8.35. The van der Waals surface area contributed by atoms with Crippen LogP contribution in [0.1, 0.15) is 13.8 Å². The van der Waals surface area contributed by atoms with E-state index in [0.717, 1.165) is 16.8 Å². The molecule has 2 aromatic carbocycles. The van der Waals surface area contributed by atoms with Crippen LogP contribution in [0.15, 0.2) is 76.4 Å². The Morgan fingerprint density at radius 1 is 0.973 bits per heavy atom. The SMILES string of the molecule is CC(C)NC(=O)Cn1cccc(Nc2nn(-c3ccc(OC(F)(F)F)cc3)c(=O)c3ccccc23)c1=O. The van der Waals surface area contributed by atoms with Crippen molar-refractivity contribution in [1.82, 2.24) is 19.7 Å². The van der Waals surface area contributed by atoms with Gasteiger partial charge in [0, 0.05) is 17.6 Å². The van der Waals surface area contributed by atoms with Crippen molar-refractivity contribution in [2.75, 3.05) is 5.32 Å². The molecule has 0 unspecified atom stereocenters. The summed E-state index contributed by atoms with van der Waals surface area (Å²) in [6.07, 6.45) is -3.38. The molecule has 0 radical (unpaired) electrons. The number of benzene rings is 2. The Labute approximate surface area is 208 Å². The summed E-state index contributed by atoms with van der Waals surface area (Å²) < 4.78 is 43.6. The third-order valence-corrected chi connectivity index (χ3v) is 5.16. The number of halogens is 3. The predicted molar refractivity (Wildman–Crippen MR) is 131 cm³/mol. The highest BCUT2D eigenvalue weighted by Gasteiger charge is 2.31. The molecule has 2 heterocycles. The molecule has 4 rings (SSSR count). The second-order valence-electron chi connectivity index (χ2n) is 8.35. The van der Waals surface area contributed by atoms with E-state index in [-0.39, 0.29) is 41.1 Å². The topological polar surface area (TPSA) is 107 Å². The lowest BCUT2D eigenvalue weighted by atomic mass is 10.2. The van der Waals surface area contributed by atoms with Gasteiger partial charge in [0.2, 0.25) is 5.91 Å². The van der Waals surface area contributed by atoms with Gasteiger partial charge in [0.1, 0.15) is 18.0 Å². The number of carbonyl (C=O) groups is 1. The number of hydrogen-bond donors (Lipinski definition) is 2. The van der Waals surface area contributed by atoms with Crippen molar-refractivity contribution < 1.29 is 22.7 Å². The van der Waals surface area contributed by atoms with Crippen LogP contribution in [0.25, 0.3) is 16.5 Å². The minimum atomic E-state index is -4.85. The summed E-state index contributed by atoms with van der Waals surface area (Å²) in [6, 6.07) is 14.2. The fourth-order valence-electron chi connectivity index (χ4n) is 3.65. The molecule has 0 atom stereocenters. The van der Waals surface area contributed by atoms with E-state index in [4.69, 9.17) is 0 Å². The highest BCUT2D eigenvalue weighted by atomic mass is 19.4. The molecular formula is C25H22F3N5O4. The van der Waals surface area contributed by atoms with Gasteiger partial charge >= 0.3 is 6.36 Å². The Morgan fingerprint density at radius 3 is 2.30 bits per heavy atom. The van der Waals surface area contributed by atoms with Crippen LogP contribution in [0.4, 0.5) is 24.7 Å². The van der Waals surface area contributed by atoms with Gasteiger partial charge < -0.3 is 19.9 Å². The maximum atomic E-state index is 13.1. The van der Waals surface area contributed by atoms with Gasteiger partial charge in [-0.05, 0) is 56.3 Å². The molecule has 2 N–H and O–H groups in total. The molecule has 9 nitrogen and oxygen atoms in total. The summed E-state index contributed by atoms with van der Waals surface area (Å²) in [5, 5.41) is 10.7. The van der Waals surface area contributed by atoms with E-state index in [1.807, 2.05) is 0 Å². The van der Waals surface area contributed by atoms with Crippen LogP contribution in [0.2, 0.25) is 0 Å². The number of nitrogens with zero attached hydrogens (tertiary/aromatic N) is 3. The molecule has 0 aliphatic heterocycles. The molecule has 0 aliphatic rings. The lowest BCUT2D eigenvalue weighted by Gasteiger charge is -2.14. The number of alkyl halides is 3. The molecule has 2 aromatic heterocycles. The molecular weight excluding hydrogens is 491 g/mol. The fourth-order valence-corrected chi connectivity index (χ4v) is 3.65. The number of fused-ring (bicyclic) bond motifs is 1. The highest BCUT2D eigenvalue weighted by molar-refractivity contribution is 5.92. The lowest BCUT2D eigenvalue weighted by Crippen LogP contribution is -2.36. The van der Waals surface area contributed by atoms with Crippen molar-refractivity contribution in [3.63, 3.8) is 0 Å².